The first kappa shape index (κ1) is 22.2. The number of hydrogen-bond donors (Lipinski definition) is 1. The number of carbonyl (C=O) groups is 1. The summed E-state index contributed by atoms with van der Waals surface area (Å²) in [7, 11) is 0. The van der Waals surface area contributed by atoms with Gasteiger partial charge in [0.2, 0.25) is 0 Å². The predicted octanol–water partition coefficient (Wildman–Crippen LogP) is 4.70. The van der Waals surface area contributed by atoms with Gasteiger partial charge in [0.1, 0.15) is 0 Å². The smallest absolute Gasteiger partial charge is 0.332 e. The van der Waals surface area contributed by atoms with Crippen molar-refractivity contribution in [2.45, 2.75) is 53.6 Å². The molecule has 1 aromatic rings. The summed E-state index contributed by atoms with van der Waals surface area (Å²) >= 11 is 0. The third kappa shape index (κ3) is 10.9. The first-order valence-electron chi connectivity index (χ1n) is 9.71. The van der Waals surface area contributed by atoms with Crippen molar-refractivity contribution < 1.29 is 14.3 Å². The van der Waals surface area contributed by atoms with Crippen LogP contribution in [0.15, 0.2) is 42.1 Å². The second kappa shape index (κ2) is 13.4. The van der Waals surface area contributed by atoms with Crippen molar-refractivity contribution in [1.82, 2.24) is 5.32 Å². The quantitative estimate of drug-likeness (QED) is 0.314. The lowest BCUT2D eigenvalue weighted by Gasteiger charge is -2.20. The minimum absolute atomic E-state index is 0.285. The number of allylic oxidation sites excluding steroid dienone is 1. The molecule has 1 aromatic carbocycles. The van der Waals surface area contributed by atoms with E-state index in [0.29, 0.717) is 25.0 Å². The highest BCUT2D eigenvalue weighted by Gasteiger charge is 2.11. The molecule has 0 bridgehead atoms. The Bertz CT molecular complexity index is 525. The Morgan fingerprint density at radius 3 is 2.62 bits per heavy atom. The average molecular weight is 362 g/mol. The lowest BCUT2D eigenvalue weighted by molar-refractivity contribution is -0.137. The van der Waals surface area contributed by atoms with Gasteiger partial charge in [-0.1, -0.05) is 44.2 Å². The minimum atomic E-state index is -0.285. The highest BCUT2D eigenvalue weighted by Crippen LogP contribution is 2.17. The lowest BCUT2D eigenvalue weighted by atomic mass is 9.93. The molecule has 0 heterocycles. The zero-order chi connectivity index (χ0) is 19.2. The number of benzene rings is 1. The molecule has 4 heteroatoms. The molecule has 1 atom stereocenters. The van der Waals surface area contributed by atoms with Crippen LogP contribution in [-0.2, 0) is 20.9 Å². The van der Waals surface area contributed by atoms with E-state index >= 15 is 0 Å². The van der Waals surface area contributed by atoms with Crippen LogP contribution in [0.1, 0.15) is 52.5 Å². The molecular weight excluding hydrogens is 326 g/mol. The Hall–Kier alpha value is -1.81. The zero-order valence-corrected chi connectivity index (χ0v) is 16.8. The van der Waals surface area contributed by atoms with Crippen molar-refractivity contribution in [1.29, 1.82) is 0 Å². The van der Waals surface area contributed by atoms with Gasteiger partial charge in [0.25, 0.3) is 0 Å². The summed E-state index contributed by atoms with van der Waals surface area (Å²) in [5.41, 5.74) is 2.07. The summed E-state index contributed by atoms with van der Waals surface area (Å²) in [6.07, 6.45) is 4.86. The van der Waals surface area contributed by atoms with E-state index < -0.39 is 0 Å². The van der Waals surface area contributed by atoms with E-state index in [1.165, 1.54) is 18.1 Å². The summed E-state index contributed by atoms with van der Waals surface area (Å²) in [6, 6.07) is 10.3. The second-order valence-corrected chi connectivity index (χ2v) is 7.14. The van der Waals surface area contributed by atoms with Crippen LogP contribution in [0.25, 0.3) is 0 Å². The van der Waals surface area contributed by atoms with Gasteiger partial charge < -0.3 is 14.8 Å². The Labute approximate surface area is 159 Å². The van der Waals surface area contributed by atoms with Gasteiger partial charge in [-0.3, -0.25) is 0 Å². The van der Waals surface area contributed by atoms with E-state index in [9.17, 15) is 4.79 Å². The fourth-order valence-corrected chi connectivity index (χ4v) is 2.93. The van der Waals surface area contributed by atoms with Crippen LogP contribution in [-0.4, -0.2) is 25.7 Å². The molecule has 0 saturated carbocycles. The number of rotatable bonds is 13. The van der Waals surface area contributed by atoms with Gasteiger partial charge in [0.15, 0.2) is 0 Å². The van der Waals surface area contributed by atoms with Gasteiger partial charge in [-0.05, 0) is 50.5 Å². The minimum Gasteiger partial charge on any atom is -0.463 e. The van der Waals surface area contributed by atoms with E-state index in [-0.39, 0.29) is 5.97 Å². The second-order valence-electron chi connectivity index (χ2n) is 7.14. The molecule has 4 nitrogen and oxygen atoms in total. The average Bonchev–Trinajstić information content (AvgIpc) is 2.59. The summed E-state index contributed by atoms with van der Waals surface area (Å²) in [5, 5.41) is 3.36. The molecule has 0 fully saturated rings. The molecule has 0 unspecified atom stereocenters. The number of hydrogen-bond acceptors (Lipinski definition) is 4. The van der Waals surface area contributed by atoms with E-state index in [2.05, 4.69) is 31.3 Å². The molecular formula is C22H35NO3. The third-order valence-corrected chi connectivity index (χ3v) is 4.11. The number of ether oxygens (including phenoxy) is 2. The Kier molecular flexibility index (Phi) is 11.5. The first-order valence-corrected chi connectivity index (χ1v) is 9.71. The van der Waals surface area contributed by atoms with Gasteiger partial charge in [-0.15, -0.1) is 0 Å². The lowest BCUT2D eigenvalue weighted by Crippen LogP contribution is -2.23. The van der Waals surface area contributed by atoms with E-state index in [4.69, 9.17) is 9.47 Å². The molecule has 0 amide bonds. The fraction of sp³-hybridized carbons (Fsp3) is 0.591. The molecule has 0 radical (unpaired) electrons. The van der Waals surface area contributed by atoms with Crippen LogP contribution in [0, 0.1) is 11.8 Å². The standard InChI is InChI=1S/C22H35NO3/c1-5-26-22(24)15-19(4)23-16-21(14-18(2)3)12-9-13-25-17-20-10-7-6-8-11-20/h6-8,10-11,15,18,21,23H,5,9,12-14,16-17H2,1-4H3/b19-15+/t21-/m1/s1. The highest BCUT2D eigenvalue weighted by atomic mass is 16.5. The van der Waals surface area contributed by atoms with Crippen LogP contribution < -0.4 is 5.32 Å². The van der Waals surface area contributed by atoms with Crippen molar-refractivity contribution in [2.24, 2.45) is 11.8 Å². The van der Waals surface area contributed by atoms with Crippen molar-refractivity contribution in [3.05, 3.63) is 47.7 Å². The molecule has 26 heavy (non-hydrogen) atoms. The third-order valence-electron chi connectivity index (χ3n) is 4.11. The van der Waals surface area contributed by atoms with E-state index in [0.717, 1.165) is 31.7 Å². The van der Waals surface area contributed by atoms with Crippen molar-refractivity contribution in [2.75, 3.05) is 19.8 Å². The Morgan fingerprint density at radius 2 is 1.96 bits per heavy atom. The molecule has 0 spiro atoms. The molecule has 0 aliphatic heterocycles. The molecule has 0 aliphatic carbocycles. The van der Waals surface area contributed by atoms with Crippen molar-refractivity contribution >= 4 is 5.97 Å². The first-order chi connectivity index (χ1) is 12.5. The number of nitrogens with one attached hydrogen (secondary N) is 1. The van der Waals surface area contributed by atoms with Gasteiger partial charge in [-0.2, -0.15) is 0 Å². The maximum Gasteiger partial charge on any atom is 0.332 e. The summed E-state index contributed by atoms with van der Waals surface area (Å²) < 4.78 is 10.7. The topological polar surface area (TPSA) is 47.6 Å². The summed E-state index contributed by atoms with van der Waals surface area (Å²) in [4.78, 5) is 11.5. The van der Waals surface area contributed by atoms with Crippen LogP contribution in [0.2, 0.25) is 0 Å². The fourth-order valence-electron chi connectivity index (χ4n) is 2.93. The van der Waals surface area contributed by atoms with Crippen molar-refractivity contribution in [3.8, 4) is 0 Å². The largest absolute Gasteiger partial charge is 0.463 e. The monoisotopic (exact) mass is 361 g/mol. The van der Waals surface area contributed by atoms with Crippen LogP contribution in [0.4, 0.5) is 0 Å². The summed E-state index contributed by atoms with van der Waals surface area (Å²) in [5.74, 6) is 0.939. The zero-order valence-electron chi connectivity index (χ0n) is 16.8. The maximum absolute atomic E-state index is 11.5. The molecule has 0 saturated heterocycles. The SMILES string of the molecule is CCOC(=O)/C=C(\C)NC[C@H](CCCOCc1ccccc1)CC(C)C. The van der Waals surface area contributed by atoms with Crippen molar-refractivity contribution in [3.63, 3.8) is 0 Å². The number of esters is 1. The van der Waals surface area contributed by atoms with E-state index in [1.54, 1.807) is 0 Å². The predicted molar refractivity (Wildman–Crippen MR) is 107 cm³/mol. The van der Waals surface area contributed by atoms with Gasteiger partial charge in [-0.25, -0.2) is 4.79 Å². The molecule has 0 aliphatic rings. The normalized spacial score (nSPS) is 12.9. The van der Waals surface area contributed by atoms with E-state index in [1.807, 2.05) is 32.0 Å². The van der Waals surface area contributed by atoms with Crippen LogP contribution >= 0.6 is 0 Å². The van der Waals surface area contributed by atoms with Gasteiger partial charge >= 0.3 is 5.97 Å². The van der Waals surface area contributed by atoms with Crippen LogP contribution in [0.3, 0.4) is 0 Å². The maximum atomic E-state index is 11.5. The van der Waals surface area contributed by atoms with Gasteiger partial charge in [0.05, 0.1) is 13.2 Å². The van der Waals surface area contributed by atoms with Crippen LogP contribution in [0.5, 0.6) is 0 Å². The highest BCUT2D eigenvalue weighted by molar-refractivity contribution is 5.82. The molecule has 0 aromatic heterocycles. The summed E-state index contributed by atoms with van der Waals surface area (Å²) in [6.45, 7) is 11.0. The number of carbonyl (C=O) groups excluding carboxylic acids is 1. The molecule has 1 N–H and O–H groups in total. The molecule has 1 rings (SSSR count). The molecule has 146 valence electrons. The van der Waals surface area contributed by atoms with Gasteiger partial charge in [0, 0.05) is 24.9 Å². The Morgan fingerprint density at radius 1 is 1.23 bits per heavy atom. The Balaban J connectivity index is 2.30.